The molecular formula is C60H80BF2N13O12. The molecule has 1 unspecified atom stereocenters. The van der Waals surface area contributed by atoms with Crippen LogP contribution in [-0.4, -0.2) is 166 Å². The first-order chi connectivity index (χ1) is 41.6. The summed E-state index contributed by atoms with van der Waals surface area (Å²) in [6.07, 6.45) is 3.10. The average molecular weight is 1220 g/mol. The summed E-state index contributed by atoms with van der Waals surface area (Å²) < 4.78 is 34.1. The first-order valence-corrected chi connectivity index (χ1v) is 29.5. The van der Waals surface area contributed by atoms with Crippen molar-refractivity contribution in [3.05, 3.63) is 95.0 Å². The van der Waals surface area contributed by atoms with Gasteiger partial charge in [0.2, 0.25) is 41.4 Å². The summed E-state index contributed by atoms with van der Waals surface area (Å²) in [6, 6.07) is 7.20. The highest BCUT2D eigenvalue weighted by Crippen LogP contribution is 2.35. The number of fused-ring (bicyclic) bond motifs is 2. The van der Waals surface area contributed by atoms with E-state index in [9.17, 15) is 58.2 Å². The number of benzene rings is 2. The number of carbonyl (C=O) groups excluding carboxylic acids is 8. The molecule has 3 aliphatic heterocycles. The van der Waals surface area contributed by atoms with E-state index in [1.807, 2.05) is 57.1 Å². The molecule has 88 heavy (non-hydrogen) atoms. The van der Waals surface area contributed by atoms with Crippen molar-refractivity contribution in [3.63, 3.8) is 0 Å². The maximum absolute atomic E-state index is 16.1. The number of carboxylic acids is 2. The van der Waals surface area contributed by atoms with Gasteiger partial charge in [0.1, 0.15) is 42.0 Å². The number of carboxylic acid groups (broad SMARTS) is 2. The average Bonchev–Trinajstić information content (AvgIpc) is 1.60. The number of carbonyl (C=O) groups is 10. The third kappa shape index (κ3) is 17.8. The third-order valence-electron chi connectivity index (χ3n) is 15.5. The number of anilines is 1. The first-order valence-electron chi connectivity index (χ1n) is 29.5. The van der Waals surface area contributed by atoms with Crippen LogP contribution in [0, 0.1) is 25.7 Å². The Balaban J connectivity index is 1.02. The SMILES string of the molecule is CCC(C)[C@H](NC(=O)CCC1=[N+]2C(=Cc3c(C)cc(C)n3[B-]2(F)F)C=C1)C(=O)N[C@@H](CCC(=O)O)C(=O)N1CCC[C@H]1C(=O)N[C@@H](CC(=O)O)C(=O)N[C@@H](C)C(=O)N[C@@H](CC(C)C)C(=O)NCCNC(=O)c1ccc(/N=N/c2ccc(N(C)C)cc2)cc1. The number of rotatable bonds is 30. The molecule has 4 heterocycles. The number of azo groups is 1. The van der Waals surface area contributed by atoms with Crippen molar-refractivity contribution in [3.8, 4) is 0 Å². The predicted molar refractivity (Wildman–Crippen MR) is 324 cm³/mol. The molecule has 6 rings (SSSR count). The lowest BCUT2D eigenvalue weighted by Crippen LogP contribution is -2.59. The van der Waals surface area contributed by atoms with Crippen molar-refractivity contribution < 1.29 is 71.3 Å². The highest BCUT2D eigenvalue weighted by atomic mass is 19.2. The van der Waals surface area contributed by atoms with E-state index in [1.165, 1.54) is 13.0 Å². The summed E-state index contributed by atoms with van der Waals surface area (Å²) in [6.45, 7) is 7.34. The largest absolute Gasteiger partial charge is 0.737 e. The number of halogens is 2. The van der Waals surface area contributed by atoms with E-state index in [2.05, 4.69) is 47.4 Å². The Morgan fingerprint density at radius 1 is 0.750 bits per heavy atom. The molecule has 474 valence electrons. The van der Waals surface area contributed by atoms with Crippen molar-refractivity contribution in [1.29, 1.82) is 0 Å². The second-order valence-electron chi connectivity index (χ2n) is 23.0. The molecule has 2 aromatic carbocycles. The fourth-order valence-corrected chi connectivity index (χ4v) is 10.6. The molecule has 9 N–H and O–H groups in total. The monoisotopic (exact) mass is 1220 g/mol. The molecule has 0 aliphatic carbocycles. The van der Waals surface area contributed by atoms with E-state index in [0.717, 1.165) is 19.6 Å². The van der Waals surface area contributed by atoms with E-state index in [0.29, 0.717) is 40.3 Å². The first kappa shape index (κ1) is 68.0. The highest BCUT2D eigenvalue weighted by Gasteiger charge is 2.52. The molecule has 3 aliphatic rings. The minimum absolute atomic E-state index is 0.0130. The minimum Gasteiger partial charge on any atom is -0.481 e. The van der Waals surface area contributed by atoms with E-state index >= 15 is 8.63 Å². The number of allylic oxidation sites excluding steroid dienone is 2. The molecule has 0 radical (unpaired) electrons. The Labute approximate surface area is 509 Å². The predicted octanol–water partition coefficient (Wildman–Crippen LogP) is 4.38. The Hall–Kier alpha value is -9.11. The second-order valence-corrected chi connectivity index (χ2v) is 23.0. The minimum atomic E-state index is -4.30. The molecule has 1 fully saturated rings. The van der Waals surface area contributed by atoms with Gasteiger partial charge in [-0.3, -0.25) is 47.9 Å². The quantitative estimate of drug-likeness (QED) is 0.0255. The molecule has 1 saturated heterocycles. The van der Waals surface area contributed by atoms with Crippen molar-refractivity contribution in [2.24, 2.45) is 22.1 Å². The van der Waals surface area contributed by atoms with Crippen LogP contribution in [0.25, 0.3) is 6.08 Å². The van der Waals surface area contributed by atoms with Crippen LogP contribution in [-0.2, 0) is 43.2 Å². The molecule has 0 spiro atoms. The van der Waals surface area contributed by atoms with Crippen LogP contribution in [0.2, 0.25) is 0 Å². The number of amides is 8. The zero-order valence-corrected chi connectivity index (χ0v) is 51.0. The molecule has 25 nitrogen and oxygen atoms in total. The number of likely N-dealkylation sites (tertiary alicyclic amines) is 1. The zero-order chi connectivity index (χ0) is 64.7. The number of aryl methyl sites for hydroxylation is 2. The van der Waals surface area contributed by atoms with Crippen molar-refractivity contribution in [2.75, 3.05) is 38.6 Å². The lowest BCUT2D eigenvalue weighted by molar-refractivity contribution is -0.362. The van der Waals surface area contributed by atoms with Crippen LogP contribution in [0.4, 0.5) is 25.7 Å². The molecule has 0 saturated carbocycles. The molecular weight excluding hydrogens is 1140 g/mol. The fourth-order valence-electron chi connectivity index (χ4n) is 10.6. The standard InChI is InChI=1S/C60H80BF2N13O12/c1-10-35(4)53(70-50(77)25-23-43-21-22-44-32-49-36(5)31-37(6)75(49)61(62,63)76(43)44)59(87)67-45(24-26-51(78)79)60(88)74-29-11-12-48(74)58(86)69-47(33-52(80)81)57(85)66-38(7)54(82)68-46(30-34(2)3)56(84)65-28-27-64-55(83)39-13-15-40(16-14-39)71-72-41-17-19-42(20-18-41)73(8)9/h13-22,31-32,34-35,38,45-48,53H,10-12,23-30,33H2,1-9H3,(H,64,83)(H,65,84)(H,66,85)(H,67,87)(H,68,82)(H,69,86)(H,70,77)(H,78,79)(H,80,81)/b72-71+/t35?,38-,45-,46-,47-,48-,53-/m0/s1. The molecule has 7 atom stereocenters. The maximum Gasteiger partial charge on any atom is 0.737 e. The second kappa shape index (κ2) is 30.5. The van der Waals surface area contributed by atoms with Crippen molar-refractivity contribution in [2.45, 2.75) is 143 Å². The van der Waals surface area contributed by atoms with Gasteiger partial charge in [-0.1, -0.05) is 34.1 Å². The van der Waals surface area contributed by atoms with Gasteiger partial charge in [-0.05, 0) is 124 Å². The summed E-state index contributed by atoms with van der Waals surface area (Å²) in [5.74, 6) is -9.71. The molecule has 1 aromatic heterocycles. The lowest BCUT2D eigenvalue weighted by Gasteiger charge is -2.31. The lowest BCUT2D eigenvalue weighted by atomic mass is 9.90. The van der Waals surface area contributed by atoms with Crippen LogP contribution in [0.1, 0.15) is 120 Å². The third-order valence-corrected chi connectivity index (χ3v) is 15.5. The smallest absolute Gasteiger partial charge is 0.481 e. The topological polar surface area (TPSA) is 335 Å². The van der Waals surface area contributed by atoms with Gasteiger partial charge < -0.3 is 74.8 Å². The number of aliphatic carboxylic acids is 2. The molecule has 8 amide bonds. The zero-order valence-electron chi connectivity index (χ0n) is 51.0. The van der Waals surface area contributed by atoms with Gasteiger partial charge in [-0.15, -0.1) is 0 Å². The molecule has 28 heteroatoms. The summed E-state index contributed by atoms with van der Waals surface area (Å²) in [7, 11) is 3.86. The number of nitrogens with one attached hydrogen (secondary N) is 7. The highest BCUT2D eigenvalue weighted by molar-refractivity contribution is 6.58. The van der Waals surface area contributed by atoms with E-state index in [1.54, 1.807) is 70.2 Å². The normalized spacial score (nSPS) is 16.9. The van der Waals surface area contributed by atoms with Crippen LogP contribution in [0.5, 0.6) is 0 Å². The van der Waals surface area contributed by atoms with Gasteiger partial charge in [0, 0.05) is 88.2 Å². The number of hydrogen-bond acceptors (Lipinski definition) is 13. The van der Waals surface area contributed by atoms with Crippen molar-refractivity contribution >= 4 is 95.0 Å². The Kier molecular flexibility index (Phi) is 23.6. The number of aromatic nitrogens is 1. The number of nitrogens with zero attached hydrogens (tertiary/aromatic N) is 6. The summed E-state index contributed by atoms with van der Waals surface area (Å²) >= 11 is 0. The fraction of sp³-hybridized carbons (Fsp3) is 0.483. The van der Waals surface area contributed by atoms with E-state index in [4.69, 9.17) is 0 Å². The van der Waals surface area contributed by atoms with Crippen LogP contribution in [0.15, 0.2) is 82.7 Å². The molecule has 3 aromatic rings. The summed E-state index contributed by atoms with van der Waals surface area (Å²) in [5, 5.41) is 45.9. The van der Waals surface area contributed by atoms with Gasteiger partial charge in [0.05, 0.1) is 17.8 Å². The van der Waals surface area contributed by atoms with Gasteiger partial charge >= 0.3 is 18.9 Å². The number of hydrogen-bond donors (Lipinski definition) is 9. The van der Waals surface area contributed by atoms with Gasteiger partial charge in [-0.25, -0.2) is 0 Å². The maximum atomic E-state index is 16.1. The van der Waals surface area contributed by atoms with E-state index < -0.39 is 128 Å². The molecule has 0 bridgehead atoms. The van der Waals surface area contributed by atoms with Crippen LogP contribution in [0.3, 0.4) is 0 Å². The Bertz CT molecular complexity index is 3250. The van der Waals surface area contributed by atoms with Crippen molar-refractivity contribution in [1.82, 2.24) is 46.6 Å². The van der Waals surface area contributed by atoms with Crippen LogP contribution >= 0.6 is 0 Å². The Morgan fingerprint density at radius 3 is 2.00 bits per heavy atom. The van der Waals surface area contributed by atoms with Gasteiger partial charge in [0.15, 0.2) is 5.70 Å². The summed E-state index contributed by atoms with van der Waals surface area (Å²) in [5.41, 5.74) is 4.46. The summed E-state index contributed by atoms with van der Waals surface area (Å²) in [4.78, 5) is 137. The Morgan fingerprint density at radius 2 is 1.39 bits per heavy atom. The van der Waals surface area contributed by atoms with E-state index in [-0.39, 0.29) is 69.1 Å². The van der Waals surface area contributed by atoms with Gasteiger partial charge in [0.25, 0.3) is 5.91 Å². The van der Waals surface area contributed by atoms with Gasteiger partial charge in [-0.2, -0.15) is 10.2 Å². The van der Waals surface area contributed by atoms with Crippen LogP contribution < -0.4 is 42.1 Å².